The number of hydrogen-bond acceptors (Lipinski definition) is 3. The normalized spacial score (nSPS) is 14.5. The van der Waals surface area contributed by atoms with E-state index in [-0.39, 0.29) is 0 Å². The molecule has 0 saturated carbocycles. The van der Waals surface area contributed by atoms with Crippen molar-refractivity contribution in [2.45, 2.75) is 18.8 Å². The largest absolute Gasteiger partial charge is 0.311 e. The van der Waals surface area contributed by atoms with Crippen molar-refractivity contribution in [3.05, 3.63) is 306 Å². The van der Waals surface area contributed by atoms with Crippen LogP contribution in [0.1, 0.15) is 18.9 Å². The summed E-state index contributed by atoms with van der Waals surface area (Å²) in [5, 5.41) is 1.27. The first-order chi connectivity index (χ1) is 35.0. The monoisotopic (exact) mass is 955 g/mol. The van der Waals surface area contributed by atoms with Crippen LogP contribution >= 0.6 is 23.2 Å². The second-order valence-corrected chi connectivity index (χ2v) is 18.3. The van der Waals surface area contributed by atoms with Crippen LogP contribution in [0.25, 0.3) is 44.5 Å². The van der Waals surface area contributed by atoms with Crippen molar-refractivity contribution in [3.63, 3.8) is 0 Å². The van der Waals surface area contributed by atoms with Gasteiger partial charge in [0.1, 0.15) is 0 Å². The molecule has 1 aliphatic carbocycles. The summed E-state index contributed by atoms with van der Waals surface area (Å²) < 4.78 is 0. The molecule has 0 N–H and O–H groups in total. The van der Waals surface area contributed by atoms with E-state index < -0.39 is 5.41 Å². The Labute approximate surface area is 428 Å². The quantitative estimate of drug-likeness (QED) is 0.101. The fourth-order valence-electron chi connectivity index (χ4n) is 9.32. The van der Waals surface area contributed by atoms with Gasteiger partial charge in [0.25, 0.3) is 0 Å². The highest BCUT2D eigenvalue weighted by Crippen LogP contribution is 2.42. The number of nitrogens with zero attached hydrogens (tertiary/aromatic N) is 3. The Kier molecular flexibility index (Phi) is 14.2. The molecular weight excluding hydrogens is 906 g/mol. The van der Waals surface area contributed by atoms with E-state index in [4.69, 9.17) is 23.2 Å². The van der Waals surface area contributed by atoms with Crippen LogP contribution in [0.5, 0.6) is 0 Å². The standard InChI is InChI=1S/C66H51Cl2N3/c1-2-16-56(71(60-35-29-52(30-36-60)50-19-8-4-9-20-50)61-39-40-63(65(68)47-61)62-25-12-13-26-64(62)67)41-44-66(55-22-10-5-11-23-55)43-14-24-57(42-45-66)70(58-33-27-51(28-34-58)49-17-6-3-7-18-49)59-37-31-53(32-38-59)54-21-15-46-69-48-54/h2-43,45-48H,44H2,1H3/b16-2-,56-41+. The van der Waals surface area contributed by atoms with E-state index in [2.05, 4.69) is 246 Å². The maximum absolute atomic E-state index is 7.22. The number of rotatable bonds is 14. The molecule has 0 amide bonds. The highest BCUT2D eigenvalue weighted by Gasteiger charge is 2.28. The molecule has 1 aliphatic rings. The Balaban J connectivity index is 1.05. The van der Waals surface area contributed by atoms with E-state index in [9.17, 15) is 0 Å². The molecule has 8 aromatic carbocycles. The smallest absolute Gasteiger partial charge is 0.0505 e. The van der Waals surface area contributed by atoms with Gasteiger partial charge in [0.15, 0.2) is 0 Å². The van der Waals surface area contributed by atoms with Crippen molar-refractivity contribution >= 4 is 46.0 Å². The zero-order valence-corrected chi connectivity index (χ0v) is 40.9. The molecule has 0 fully saturated rings. The van der Waals surface area contributed by atoms with Gasteiger partial charge in [-0.05, 0) is 131 Å². The van der Waals surface area contributed by atoms with Gasteiger partial charge in [0.2, 0.25) is 0 Å². The average Bonchev–Trinajstić information content (AvgIpc) is 3.65. The summed E-state index contributed by atoms with van der Waals surface area (Å²) in [6.45, 7) is 2.07. The molecule has 5 heteroatoms. The van der Waals surface area contributed by atoms with Crippen LogP contribution in [0.4, 0.5) is 22.7 Å². The first-order valence-electron chi connectivity index (χ1n) is 23.9. The van der Waals surface area contributed by atoms with E-state index in [1.165, 1.54) is 16.7 Å². The highest BCUT2D eigenvalue weighted by molar-refractivity contribution is 6.36. The number of halogens is 2. The summed E-state index contributed by atoms with van der Waals surface area (Å²) in [7, 11) is 0. The van der Waals surface area contributed by atoms with Crippen molar-refractivity contribution in [1.82, 2.24) is 4.98 Å². The van der Waals surface area contributed by atoms with Gasteiger partial charge in [-0.15, -0.1) is 0 Å². The lowest BCUT2D eigenvalue weighted by atomic mass is 9.77. The Bertz CT molecular complexity index is 3300. The van der Waals surface area contributed by atoms with Crippen LogP contribution in [-0.4, -0.2) is 4.98 Å². The summed E-state index contributed by atoms with van der Waals surface area (Å²) in [4.78, 5) is 9.00. The second kappa shape index (κ2) is 21.6. The van der Waals surface area contributed by atoms with E-state index >= 15 is 0 Å². The molecule has 1 heterocycles. The van der Waals surface area contributed by atoms with Crippen LogP contribution in [-0.2, 0) is 5.41 Å². The third kappa shape index (κ3) is 10.4. The van der Waals surface area contributed by atoms with Crippen molar-refractivity contribution < 1.29 is 0 Å². The number of aromatic nitrogens is 1. The number of pyridine rings is 1. The fraction of sp³-hybridized carbons (Fsp3) is 0.0455. The van der Waals surface area contributed by atoms with Gasteiger partial charge < -0.3 is 9.80 Å². The first kappa shape index (κ1) is 46.5. The third-order valence-electron chi connectivity index (χ3n) is 13.0. The van der Waals surface area contributed by atoms with Crippen LogP contribution < -0.4 is 9.80 Å². The molecule has 0 aliphatic heterocycles. The summed E-state index contributed by atoms with van der Waals surface area (Å²) in [5.74, 6) is 0. The van der Waals surface area contributed by atoms with Crippen molar-refractivity contribution in [2.24, 2.45) is 0 Å². The minimum Gasteiger partial charge on any atom is -0.311 e. The van der Waals surface area contributed by atoms with Gasteiger partial charge in [0.05, 0.1) is 5.02 Å². The molecule has 71 heavy (non-hydrogen) atoms. The molecule has 10 rings (SSSR count). The lowest BCUT2D eigenvalue weighted by molar-refractivity contribution is 0.679. The molecular formula is C66H51Cl2N3. The van der Waals surface area contributed by atoms with E-state index in [0.717, 1.165) is 67.5 Å². The highest BCUT2D eigenvalue weighted by atomic mass is 35.5. The summed E-state index contributed by atoms with van der Waals surface area (Å²) in [6, 6.07) is 76.3. The Hall–Kier alpha value is -8.21. The first-order valence-corrected chi connectivity index (χ1v) is 24.7. The number of hydrogen-bond donors (Lipinski definition) is 0. The van der Waals surface area contributed by atoms with E-state index in [1.54, 1.807) is 0 Å². The number of benzene rings is 8. The van der Waals surface area contributed by atoms with Gasteiger partial charge in [-0.2, -0.15) is 0 Å². The minimum atomic E-state index is -0.520. The predicted octanol–water partition coefficient (Wildman–Crippen LogP) is 18.8. The second-order valence-electron chi connectivity index (χ2n) is 17.5. The minimum absolute atomic E-state index is 0.520. The molecule has 1 aromatic heterocycles. The Morgan fingerprint density at radius 1 is 0.507 bits per heavy atom. The lowest BCUT2D eigenvalue weighted by Gasteiger charge is -2.31. The van der Waals surface area contributed by atoms with Crippen LogP contribution in [0.15, 0.2) is 291 Å². The maximum atomic E-state index is 7.22. The molecule has 0 saturated heterocycles. The summed E-state index contributed by atoms with van der Waals surface area (Å²) in [5.41, 5.74) is 15.3. The molecule has 0 radical (unpaired) electrons. The average molecular weight is 957 g/mol. The summed E-state index contributed by atoms with van der Waals surface area (Å²) in [6.07, 6.45) is 22.4. The molecule has 9 aromatic rings. The predicted molar refractivity (Wildman–Crippen MR) is 302 cm³/mol. The fourth-order valence-corrected chi connectivity index (χ4v) is 9.84. The topological polar surface area (TPSA) is 19.4 Å². The maximum Gasteiger partial charge on any atom is 0.0505 e. The van der Waals surface area contributed by atoms with E-state index in [0.29, 0.717) is 16.5 Å². The van der Waals surface area contributed by atoms with Crippen LogP contribution in [0.3, 0.4) is 0 Å². The van der Waals surface area contributed by atoms with Crippen LogP contribution in [0.2, 0.25) is 10.0 Å². The number of allylic oxidation sites excluding steroid dienone is 8. The SMILES string of the molecule is C/C=C\C(=C/CC1(c2ccccc2)C=CC=C(N(c2ccc(-c3ccccc3)cc2)c2ccc(-c3cccnc3)cc2)C=C1)N(c1ccc(-c2ccccc2)cc1)c1ccc(-c2ccccc2Cl)c(Cl)c1. The zero-order chi connectivity index (χ0) is 48.4. The van der Waals surface area contributed by atoms with E-state index in [1.807, 2.05) is 54.9 Å². The zero-order valence-electron chi connectivity index (χ0n) is 39.4. The van der Waals surface area contributed by atoms with Gasteiger partial charge >= 0.3 is 0 Å². The Morgan fingerprint density at radius 3 is 1.61 bits per heavy atom. The van der Waals surface area contributed by atoms with Gasteiger partial charge in [-0.25, -0.2) is 0 Å². The van der Waals surface area contributed by atoms with Gasteiger partial charge in [-0.3, -0.25) is 4.98 Å². The Morgan fingerprint density at radius 2 is 1.03 bits per heavy atom. The number of anilines is 4. The molecule has 3 nitrogen and oxygen atoms in total. The molecule has 344 valence electrons. The molecule has 1 atom stereocenters. The molecule has 0 spiro atoms. The van der Waals surface area contributed by atoms with Gasteiger partial charge in [-0.1, -0.05) is 211 Å². The lowest BCUT2D eigenvalue weighted by Crippen LogP contribution is -2.22. The third-order valence-corrected chi connectivity index (χ3v) is 13.6. The van der Waals surface area contributed by atoms with Crippen LogP contribution in [0, 0.1) is 0 Å². The van der Waals surface area contributed by atoms with Crippen molar-refractivity contribution in [2.75, 3.05) is 9.80 Å². The van der Waals surface area contributed by atoms with Crippen molar-refractivity contribution in [1.29, 1.82) is 0 Å². The molecule has 0 bridgehead atoms. The summed E-state index contributed by atoms with van der Waals surface area (Å²) >= 11 is 13.9. The van der Waals surface area contributed by atoms with Crippen molar-refractivity contribution in [3.8, 4) is 44.5 Å². The molecule has 1 unspecified atom stereocenters. The van der Waals surface area contributed by atoms with Gasteiger partial charge in [0, 0.05) is 68.1 Å².